The first kappa shape index (κ1) is 20.1. The summed E-state index contributed by atoms with van der Waals surface area (Å²) in [6.45, 7) is 0.347. The summed E-state index contributed by atoms with van der Waals surface area (Å²) >= 11 is 12.4. The number of nitrogen functional groups attached to an aromatic ring is 2. The van der Waals surface area contributed by atoms with Crippen LogP contribution < -0.4 is 20.9 Å². The minimum Gasteiger partial charge on any atom is -0.495 e. The van der Waals surface area contributed by atoms with Gasteiger partial charge in [-0.2, -0.15) is 0 Å². The summed E-state index contributed by atoms with van der Waals surface area (Å²) in [4.78, 5) is 8.99. The van der Waals surface area contributed by atoms with Gasteiger partial charge in [-0.05, 0) is 42.0 Å². The molecule has 0 atom stereocenters. The molecule has 30 heavy (non-hydrogen) atoms. The molecular weight excluding hydrogens is 423 g/mol. The van der Waals surface area contributed by atoms with Crippen LogP contribution >= 0.6 is 23.2 Å². The Morgan fingerprint density at radius 2 is 1.77 bits per heavy atom. The Balaban J connectivity index is 1.63. The molecule has 4 aromatic rings. The molecule has 0 aliphatic carbocycles. The van der Waals surface area contributed by atoms with Crippen molar-refractivity contribution in [2.45, 2.75) is 6.61 Å². The molecule has 0 aliphatic heterocycles. The number of aromatic nitrogens is 2. The van der Waals surface area contributed by atoms with Crippen LogP contribution in [0.15, 0.2) is 54.6 Å². The van der Waals surface area contributed by atoms with Crippen molar-refractivity contribution in [3.05, 3.63) is 70.2 Å². The molecule has 0 amide bonds. The molecular formula is C22H18Cl2N4O2. The second kappa shape index (κ2) is 8.26. The first-order valence-corrected chi connectivity index (χ1v) is 9.78. The third kappa shape index (κ3) is 4.06. The van der Waals surface area contributed by atoms with Gasteiger partial charge < -0.3 is 20.9 Å². The number of anilines is 2. The largest absolute Gasteiger partial charge is 0.495 e. The molecule has 0 unspecified atom stereocenters. The standard InChI is InChI=1S/C22H18Cl2N4O2/c1-29-20-10-18-15(9-17(20)25)21(26)28-22(27-18)13-5-6-19(16(24)8-13)30-11-12-3-2-4-14(23)7-12/h2-10H,11,25H2,1H3,(H2,26,27,28). The summed E-state index contributed by atoms with van der Waals surface area (Å²) in [5.74, 6) is 1.83. The fraction of sp³-hybridized carbons (Fsp3) is 0.0909. The Bertz CT molecular complexity index is 1250. The lowest BCUT2D eigenvalue weighted by Crippen LogP contribution is -2.00. The maximum absolute atomic E-state index is 6.43. The van der Waals surface area contributed by atoms with Gasteiger partial charge in [0.2, 0.25) is 0 Å². The normalized spacial score (nSPS) is 10.9. The third-order valence-corrected chi connectivity index (χ3v) is 5.08. The van der Waals surface area contributed by atoms with Crippen molar-refractivity contribution in [1.29, 1.82) is 0 Å². The van der Waals surface area contributed by atoms with Crippen LogP contribution in [0, 0.1) is 0 Å². The molecule has 8 heteroatoms. The number of rotatable bonds is 5. The molecule has 6 nitrogen and oxygen atoms in total. The van der Waals surface area contributed by atoms with Crippen molar-refractivity contribution in [2.75, 3.05) is 18.6 Å². The van der Waals surface area contributed by atoms with Gasteiger partial charge in [0, 0.05) is 22.0 Å². The summed E-state index contributed by atoms with van der Waals surface area (Å²) in [5, 5.41) is 1.75. The van der Waals surface area contributed by atoms with E-state index in [2.05, 4.69) is 9.97 Å². The number of benzene rings is 3. The molecule has 0 bridgehead atoms. The second-order valence-electron chi connectivity index (χ2n) is 6.61. The minimum absolute atomic E-state index is 0.321. The highest BCUT2D eigenvalue weighted by molar-refractivity contribution is 6.32. The topological polar surface area (TPSA) is 96.3 Å². The Kier molecular flexibility index (Phi) is 5.53. The fourth-order valence-corrected chi connectivity index (χ4v) is 3.50. The summed E-state index contributed by atoms with van der Waals surface area (Å²) in [6.07, 6.45) is 0. The van der Waals surface area contributed by atoms with Gasteiger partial charge in [-0.3, -0.25) is 0 Å². The number of fused-ring (bicyclic) bond motifs is 1. The molecule has 4 N–H and O–H groups in total. The Labute approximate surface area is 183 Å². The predicted molar refractivity (Wildman–Crippen MR) is 121 cm³/mol. The highest BCUT2D eigenvalue weighted by Crippen LogP contribution is 2.33. The first-order chi connectivity index (χ1) is 14.4. The van der Waals surface area contributed by atoms with Crippen LogP contribution in [0.1, 0.15) is 5.56 Å². The molecule has 1 aromatic heterocycles. The fourth-order valence-electron chi connectivity index (χ4n) is 3.05. The molecule has 0 aliphatic rings. The van der Waals surface area contributed by atoms with E-state index in [1.54, 1.807) is 31.4 Å². The number of hydrogen-bond donors (Lipinski definition) is 2. The van der Waals surface area contributed by atoms with Crippen molar-refractivity contribution in [2.24, 2.45) is 0 Å². The van der Waals surface area contributed by atoms with Gasteiger partial charge in [-0.1, -0.05) is 35.3 Å². The van der Waals surface area contributed by atoms with Gasteiger partial charge in [-0.25, -0.2) is 9.97 Å². The van der Waals surface area contributed by atoms with E-state index in [9.17, 15) is 0 Å². The molecule has 1 heterocycles. The van der Waals surface area contributed by atoms with E-state index in [0.29, 0.717) is 61.9 Å². The molecule has 0 radical (unpaired) electrons. The number of methoxy groups -OCH3 is 1. The first-order valence-electron chi connectivity index (χ1n) is 9.02. The highest BCUT2D eigenvalue weighted by Gasteiger charge is 2.13. The van der Waals surface area contributed by atoms with Gasteiger partial charge >= 0.3 is 0 Å². The quantitative estimate of drug-likeness (QED) is 0.405. The van der Waals surface area contributed by atoms with Crippen LogP contribution in [0.5, 0.6) is 11.5 Å². The maximum atomic E-state index is 6.43. The van der Waals surface area contributed by atoms with Gasteiger partial charge in [-0.15, -0.1) is 0 Å². The third-order valence-electron chi connectivity index (χ3n) is 4.55. The maximum Gasteiger partial charge on any atom is 0.162 e. The van der Waals surface area contributed by atoms with Gasteiger partial charge in [0.25, 0.3) is 0 Å². The molecule has 0 fully saturated rings. The number of nitrogens with two attached hydrogens (primary N) is 2. The molecule has 152 valence electrons. The van der Waals surface area contributed by atoms with Crippen LogP contribution in [0.4, 0.5) is 11.5 Å². The highest BCUT2D eigenvalue weighted by atomic mass is 35.5. The average Bonchev–Trinajstić information content (AvgIpc) is 2.73. The van der Waals surface area contributed by atoms with E-state index in [-0.39, 0.29) is 0 Å². The summed E-state index contributed by atoms with van der Waals surface area (Å²) < 4.78 is 11.1. The van der Waals surface area contributed by atoms with Crippen LogP contribution in [0.2, 0.25) is 10.0 Å². The van der Waals surface area contributed by atoms with E-state index in [1.807, 2.05) is 30.3 Å². The van der Waals surface area contributed by atoms with E-state index in [4.69, 9.17) is 44.1 Å². The number of ether oxygens (including phenoxy) is 2. The minimum atomic E-state index is 0.321. The molecule has 4 rings (SSSR count). The average molecular weight is 441 g/mol. The van der Waals surface area contributed by atoms with Crippen LogP contribution in [-0.2, 0) is 6.61 Å². The lowest BCUT2D eigenvalue weighted by molar-refractivity contribution is 0.306. The monoisotopic (exact) mass is 440 g/mol. The Morgan fingerprint density at radius 1 is 0.933 bits per heavy atom. The molecule has 0 saturated heterocycles. The summed E-state index contributed by atoms with van der Waals surface area (Å²) in [5.41, 5.74) is 14.8. The molecule has 3 aromatic carbocycles. The van der Waals surface area contributed by atoms with Crippen LogP contribution in [-0.4, -0.2) is 17.1 Å². The molecule has 0 spiro atoms. The van der Waals surface area contributed by atoms with E-state index in [1.165, 1.54) is 0 Å². The van der Waals surface area contributed by atoms with Crippen molar-refractivity contribution in [1.82, 2.24) is 9.97 Å². The summed E-state index contributed by atoms with van der Waals surface area (Å²) in [7, 11) is 1.55. The number of hydrogen-bond acceptors (Lipinski definition) is 6. The van der Waals surface area contributed by atoms with E-state index in [0.717, 1.165) is 5.56 Å². The van der Waals surface area contributed by atoms with Crippen LogP contribution in [0.3, 0.4) is 0 Å². The number of halogens is 2. The smallest absolute Gasteiger partial charge is 0.162 e. The zero-order valence-corrected chi connectivity index (χ0v) is 17.5. The SMILES string of the molecule is COc1cc2nc(-c3ccc(OCc4cccc(Cl)c4)c(Cl)c3)nc(N)c2cc1N. The Morgan fingerprint density at radius 3 is 2.50 bits per heavy atom. The Hall–Kier alpha value is -3.22. The van der Waals surface area contributed by atoms with Crippen molar-refractivity contribution < 1.29 is 9.47 Å². The zero-order chi connectivity index (χ0) is 21.3. The lowest BCUT2D eigenvalue weighted by atomic mass is 10.1. The zero-order valence-electron chi connectivity index (χ0n) is 16.0. The van der Waals surface area contributed by atoms with Crippen LogP contribution in [0.25, 0.3) is 22.3 Å². The van der Waals surface area contributed by atoms with E-state index < -0.39 is 0 Å². The predicted octanol–water partition coefficient (Wildman–Crippen LogP) is 5.36. The number of nitrogens with zero attached hydrogens (tertiary/aromatic N) is 2. The second-order valence-corrected chi connectivity index (χ2v) is 7.45. The summed E-state index contributed by atoms with van der Waals surface area (Å²) in [6, 6.07) is 16.2. The van der Waals surface area contributed by atoms with Gasteiger partial charge in [0.05, 0.1) is 23.3 Å². The molecule has 0 saturated carbocycles. The van der Waals surface area contributed by atoms with Crippen molar-refractivity contribution in [3.63, 3.8) is 0 Å². The van der Waals surface area contributed by atoms with Gasteiger partial charge in [0.1, 0.15) is 23.9 Å². The van der Waals surface area contributed by atoms with E-state index >= 15 is 0 Å². The lowest BCUT2D eigenvalue weighted by Gasteiger charge is -2.11. The van der Waals surface area contributed by atoms with Crippen molar-refractivity contribution >= 4 is 45.6 Å². The van der Waals surface area contributed by atoms with Crippen molar-refractivity contribution in [3.8, 4) is 22.9 Å². The van der Waals surface area contributed by atoms with Gasteiger partial charge in [0.15, 0.2) is 5.82 Å².